The molecular formula is C24H28FNO3. The average molecular weight is 397 g/mol. The molecule has 1 saturated heterocycles. The van der Waals surface area contributed by atoms with E-state index in [4.69, 9.17) is 4.74 Å². The molecule has 3 rings (SSSR count). The van der Waals surface area contributed by atoms with E-state index in [1.807, 2.05) is 38.1 Å². The Balaban J connectivity index is 1.74. The Bertz CT molecular complexity index is 893. The van der Waals surface area contributed by atoms with Crippen molar-refractivity contribution in [1.82, 2.24) is 4.90 Å². The molecule has 0 spiro atoms. The molecule has 0 amide bonds. The van der Waals surface area contributed by atoms with Gasteiger partial charge in [0.25, 0.3) is 0 Å². The Kier molecular flexibility index (Phi) is 7.04. The molecule has 1 aliphatic rings. The molecular weight excluding hydrogens is 369 g/mol. The molecule has 0 radical (unpaired) electrons. The number of piperidine rings is 1. The molecule has 0 saturated carbocycles. The lowest BCUT2D eigenvalue weighted by atomic mass is 9.92. The summed E-state index contributed by atoms with van der Waals surface area (Å²) in [5, 5.41) is 9.23. The van der Waals surface area contributed by atoms with E-state index < -0.39 is 5.97 Å². The summed E-state index contributed by atoms with van der Waals surface area (Å²) in [5.74, 6) is -1.26. The minimum Gasteiger partial charge on any atom is -0.499 e. The number of likely N-dealkylation sites (tertiary alicyclic amines) is 1. The van der Waals surface area contributed by atoms with Crippen molar-refractivity contribution >= 4 is 11.5 Å². The van der Waals surface area contributed by atoms with Gasteiger partial charge in [0.05, 0.1) is 12.2 Å². The first-order chi connectivity index (χ1) is 14.0. The highest BCUT2D eigenvalue weighted by molar-refractivity contribution is 5.82. The Labute approximate surface area is 171 Å². The summed E-state index contributed by atoms with van der Waals surface area (Å²) < 4.78 is 19.5. The molecule has 0 aromatic heterocycles. The number of ether oxygens (including phenoxy) is 1. The predicted octanol–water partition coefficient (Wildman–Crippen LogP) is 4.64. The van der Waals surface area contributed by atoms with E-state index in [1.54, 1.807) is 12.3 Å². The van der Waals surface area contributed by atoms with E-state index in [9.17, 15) is 14.3 Å². The van der Waals surface area contributed by atoms with Gasteiger partial charge in [0, 0.05) is 18.7 Å². The number of nitrogens with zero attached hydrogens (tertiary/aromatic N) is 1. The van der Waals surface area contributed by atoms with Crippen LogP contribution in [0.2, 0.25) is 0 Å². The standard InChI is InChI=1S/C24H28FNO3/c1-17-6-3-4-8-21(17)23(22-10-9-20(25)14-18(22)2)16-29-13-12-26-11-5-7-19(15-26)24(27)28/h3-4,6,8-10,14,16,19H,5,7,11-13,15H2,1-2H3,(H,27,28)/b23-16+/t19-/m1/s1. The number of carboxylic acid groups (broad SMARTS) is 1. The Hall–Kier alpha value is -2.66. The first-order valence-electron chi connectivity index (χ1n) is 10.0. The van der Waals surface area contributed by atoms with Crippen LogP contribution in [0.15, 0.2) is 48.7 Å². The third-order valence-corrected chi connectivity index (χ3v) is 5.50. The van der Waals surface area contributed by atoms with Gasteiger partial charge in [0.1, 0.15) is 12.4 Å². The SMILES string of the molecule is Cc1ccccc1/C(=C\OCCN1CCC[C@@H](C(=O)O)C1)c1ccc(F)cc1C. The second-order valence-corrected chi connectivity index (χ2v) is 7.65. The summed E-state index contributed by atoms with van der Waals surface area (Å²) in [4.78, 5) is 13.4. The molecule has 4 nitrogen and oxygen atoms in total. The molecule has 1 fully saturated rings. The van der Waals surface area contributed by atoms with E-state index in [-0.39, 0.29) is 11.7 Å². The molecule has 29 heavy (non-hydrogen) atoms. The van der Waals surface area contributed by atoms with Gasteiger partial charge in [-0.25, -0.2) is 4.39 Å². The van der Waals surface area contributed by atoms with E-state index in [1.165, 1.54) is 12.1 Å². The van der Waals surface area contributed by atoms with Crippen molar-refractivity contribution < 1.29 is 19.0 Å². The van der Waals surface area contributed by atoms with Gasteiger partial charge in [0.2, 0.25) is 0 Å². The van der Waals surface area contributed by atoms with Crippen molar-refractivity contribution in [3.63, 3.8) is 0 Å². The summed E-state index contributed by atoms with van der Waals surface area (Å²) in [5.41, 5.74) is 4.87. The number of aliphatic carboxylic acids is 1. The van der Waals surface area contributed by atoms with Crippen LogP contribution in [0.5, 0.6) is 0 Å². The van der Waals surface area contributed by atoms with Crippen molar-refractivity contribution in [2.75, 3.05) is 26.2 Å². The van der Waals surface area contributed by atoms with E-state index in [2.05, 4.69) is 4.90 Å². The number of carboxylic acids is 1. The molecule has 0 unspecified atom stereocenters. The lowest BCUT2D eigenvalue weighted by molar-refractivity contribution is -0.143. The van der Waals surface area contributed by atoms with Crippen molar-refractivity contribution in [3.05, 3.63) is 76.8 Å². The lowest BCUT2D eigenvalue weighted by Crippen LogP contribution is -2.40. The zero-order valence-electron chi connectivity index (χ0n) is 17.0. The molecule has 2 aromatic rings. The van der Waals surface area contributed by atoms with Crippen LogP contribution < -0.4 is 0 Å². The third-order valence-electron chi connectivity index (χ3n) is 5.50. The molecule has 0 bridgehead atoms. The summed E-state index contributed by atoms with van der Waals surface area (Å²) in [7, 11) is 0. The van der Waals surface area contributed by atoms with Gasteiger partial charge in [-0.1, -0.05) is 30.3 Å². The normalized spacial score (nSPS) is 17.9. The van der Waals surface area contributed by atoms with E-state index >= 15 is 0 Å². The molecule has 1 aliphatic heterocycles. The van der Waals surface area contributed by atoms with Gasteiger partial charge in [0.15, 0.2) is 0 Å². The third kappa shape index (κ3) is 5.45. The van der Waals surface area contributed by atoms with Crippen molar-refractivity contribution in [2.45, 2.75) is 26.7 Å². The first-order valence-corrected chi connectivity index (χ1v) is 10.0. The van der Waals surface area contributed by atoms with Crippen molar-refractivity contribution in [1.29, 1.82) is 0 Å². The highest BCUT2D eigenvalue weighted by Crippen LogP contribution is 2.29. The molecule has 1 heterocycles. The Morgan fingerprint density at radius 2 is 1.97 bits per heavy atom. The fourth-order valence-electron chi connectivity index (χ4n) is 3.86. The van der Waals surface area contributed by atoms with Crippen LogP contribution in [-0.2, 0) is 9.53 Å². The topological polar surface area (TPSA) is 49.8 Å². The van der Waals surface area contributed by atoms with Crippen LogP contribution in [0.1, 0.15) is 35.1 Å². The summed E-state index contributed by atoms with van der Waals surface area (Å²) in [6.45, 7) is 6.57. The maximum atomic E-state index is 13.6. The fourth-order valence-corrected chi connectivity index (χ4v) is 3.86. The number of aryl methyl sites for hydroxylation is 2. The Morgan fingerprint density at radius 3 is 2.69 bits per heavy atom. The minimum atomic E-state index is -0.718. The first kappa shape index (κ1) is 21.1. The van der Waals surface area contributed by atoms with Crippen molar-refractivity contribution in [3.8, 4) is 0 Å². The van der Waals surface area contributed by atoms with Crippen molar-refractivity contribution in [2.24, 2.45) is 5.92 Å². The maximum absolute atomic E-state index is 13.6. The number of rotatable bonds is 7. The Morgan fingerprint density at radius 1 is 1.21 bits per heavy atom. The second kappa shape index (κ2) is 9.70. The van der Waals surface area contributed by atoms with Gasteiger partial charge in [-0.3, -0.25) is 9.69 Å². The van der Waals surface area contributed by atoms with Gasteiger partial charge < -0.3 is 9.84 Å². The van der Waals surface area contributed by atoms with Gasteiger partial charge in [-0.05, 0) is 67.6 Å². The molecule has 5 heteroatoms. The second-order valence-electron chi connectivity index (χ2n) is 7.65. The summed E-state index contributed by atoms with van der Waals surface area (Å²) in [6.07, 6.45) is 3.39. The molecule has 2 aromatic carbocycles. The minimum absolute atomic E-state index is 0.255. The van der Waals surface area contributed by atoms with E-state index in [0.717, 1.165) is 47.2 Å². The zero-order chi connectivity index (χ0) is 20.8. The quantitative estimate of drug-likeness (QED) is 0.546. The highest BCUT2D eigenvalue weighted by Gasteiger charge is 2.24. The lowest BCUT2D eigenvalue weighted by Gasteiger charge is -2.30. The molecule has 154 valence electrons. The van der Waals surface area contributed by atoms with Crippen LogP contribution in [0.25, 0.3) is 5.57 Å². The average Bonchev–Trinajstić information content (AvgIpc) is 2.70. The smallest absolute Gasteiger partial charge is 0.307 e. The van der Waals surface area contributed by atoms with Crippen LogP contribution in [0, 0.1) is 25.6 Å². The van der Waals surface area contributed by atoms with Crippen LogP contribution in [0.3, 0.4) is 0 Å². The maximum Gasteiger partial charge on any atom is 0.307 e. The van der Waals surface area contributed by atoms with Crippen LogP contribution in [0.4, 0.5) is 4.39 Å². The van der Waals surface area contributed by atoms with Gasteiger partial charge in [-0.2, -0.15) is 0 Å². The van der Waals surface area contributed by atoms with Crippen LogP contribution in [-0.4, -0.2) is 42.2 Å². The molecule has 1 N–H and O–H groups in total. The number of benzene rings is 2. The van der Waals surface area contributed by atoms with Gasteiger partial charge in [-0.15, -0.1) is 0 Å². The number of halogens is 1. The monoisotopic (exact) mass is 397 g/mol. The van der Waals surface area contributed by atoms with E-state index in [0.29, 0.717) is 19.7 Å². The summed E-state index contributed by atoms with van der Waals surface area (Å²) in [6, 6.07) is 12.8. The number of hydrogen-bond donors (Lipinski definition) is 1. The number of hydrogen-bond acceptors (Lipinski definition) is 3. The fraction of sp³-hybridized carbons (Fsp3) is 0.375. The zero-order valence-corrected chi connectivity index (χ0v) is 17.0. The number of carbonyl (C=O) groups is 1. The predicted molar refractivity (Wildman–Crippen MR) is 112 cm³/mol. The molecule has 1 atom stereocenters. The molecule has 0 aliphatic carbocycles. The highest BCUT2D eigenvalue weighted by atomic mass is 19.1. The summed E-state index contributed by atoms with van der Waals surface area (Å²) >= 11 is 0. The van der Waals surface area contributed by atoms with Crippen LogP contribution >= 0.6 is 0 Å². The van der Waals surface area contributed by atoms with Gasteiger partial charge >= 0.3 is 5.97 Å². The largest absolute Gasteiger partial charge is 0.499 e.